The van der Waals surface area contributed by atoms with Gasteiger partial charge in [0.05, 0.1) is 12.2 Å². The van der Waals surface area contributed by atoms with E-state index in [1.54, 1.807) is 0 Å². The standard InChI is InChI=1S/C11H20O/c1-7-8-5-6-9(12-8)10(7)11(2,3)4/h7-10H,5-6H2,1-4H3/t7-,8+,9-,10+/m1/s1. The van der Waals surface area contributed by atoms with Gasteiger partial charge in [0.25, 0.3) is 0 Å². The molecule has 0 aliphatic carbocycles. The van der Waals surface area contributed by atoms with E-state index >= 15 is 0 Å². The molecule has 4 atom stereocenters. The van der Waals surface area contributed by atoms with Crippen LogP contribution >= 0.6 is 0 Å². The Bertz CT molecular complexity index is 178. The smallest absolute Gasteiger partial charge is 0.0616 e. The minimum Gasteiger partial charge on any atom is -0.374 e. The van der Waals surface area contributed by atoms with E-state index in [4.69, 9.17) is 4.74 Å². The fourth-order valence-corrected chi connectivity index (χ4v) is 3.26. The van der Waals surface area contributed by atoms with Crippen LogP contribution in [0.15, 0.2) is 0 Å². The zero-order valence-corrected chi connectivity index (χ0v) is 8.63. The second kappa shape index (κ2) is 2.47. The van der Waals surface area contributed by atoms with E-state index in [9.17, 15) is 0 Å². The van der Waals surface area contributed by atoms with Gasteiger partial charge in [0, 0.05) is 0 Å². The molecule has 2 fully saturated rings. The van der Waals surface area contributed by atoms with Crippen LogP contribution in [0.5, 0.6) is 0 Å². The molecule has 70 valence electrons. The Morgan fingerprint density at radius 2 is 1.67 bits per heavy atom. The zero-order valence-electron chi connectivity index (χ0n) is 8.63. The van der Waals surface area contributed by atoms with Crippen molar-refractivity contribution >= 4 is 0 Å². The molecule has 0 saturated carbocycles. The second-order valence-electron chi connectivity index (χ2n) is 5.54. The minimum atomic E-state index is 0.430. The molecule has 12 heavy (non-hydrogen) atoms. The highest BCUT2D eigenvalue weighted by Crippen LogP contribution is 2.50. The first-order chi connectivity index (χ1) is 5.50. The lowest BCUT2D eigenvalue weighted by molar-refractivity contribution is 0.0685. The largest absolute Gasteiger partial charge is 0.374 e. The summed E-state index contributed by atoms with van der Waals surface area (Å²) in [5, 5.41) is 0. The first-order valence-corrected chi connectivity index (χ1v) is 5.15. The van der Waals surface area contributed by atoms with E-state index in [1.807, 2.05) is 0 Å². The summed E-state index contributed by atoms with van der Waals surface area (Å²) in [6, 6.07) is 0. The molecule has 2 aliphatic rings. The van der Waals surface area contributed by atoms with Crippen LogP contribution < -0.4 is 0 Å². The molecular weight excluding hydrogens is 148 g/mol. The summed E-state index contributed by atoms with van der Waals surface area (Å²) in [4.78, 5) is 0. The van der Waals surface area contributed by atoms with Crippen LogP contribution in [0.4, 0.5) is 0 Å². The van der Waals surface area contributed by atoms with Gasteiger partial charge in [-0.2, -0.15) is 0 Å². The Balaban J connectivity index is 2.17. The van der Waals surface area contributed by atoms with Gasteiger partial charge in [0.15, 0.2) is 0 Å². The van der Waals surface area contributed by atoms with Gasteiger partial charge in [-0.25, -0.2) is 0 Å². The fraction of sp³-hybridized carbons (Fsp3) is 1.00. The Hall–Kier alpha value is -0.0400. The van der Waals surface area contributed by atoms with Crippen LogP contribution in [0.2, 0.25) is 0 Å². The lowest BCUT2D eigenvalue weighted by Crippen LogP contribution is -2.35. The van der Waals surface area contributed by atoms with Crippen molar-refractivity contribution in [1.29, 1.82) is 0 Å². The number of hydrogen-bond donors (Lipinski definition) is 0. The lowest BCUT2D eigenvalue weighted by Gasteiger charge is -2.36. The van der Waals surface area contributed by atoms with Crippen molar-refractivity contribution in [2.75, 3.05) is 0 Å². The van der Waals surface area contributed by atoms with Crippen molar-refractivity contribution < 1.29 is 4.74 Å². The second-order valence-corrected chi connectivity index (χ2v) is 5.54. The predicted molar refractivity (Wildman–Crippen MR) is 50.0 cm³/mol. The summed E-state index contributed by atoms with van der Waals surface area (Å²) in [6.45, 7) is 9.40. The SMILES string of the molecule is C[C@H]1[C@H](C(C)(C)C)[C@H]2CC[C@@H]1O2. The highest BCUT2D eigenvalue weighted by atomic mass is 16.5. The summed E-state index contributed by atoms with van der Waals surface area (Å²) in [5.74, 6) is 1.57. The van der Waals surface area contributed by atoms with E-state index in [0.717, 1.165) is 11.8 Å². The highest BCUT2D eigenvalue weighted by Gasteiger charge is 2.50. The summed E-state index contributed by atoms with van der Waals surface area (Å²) in [7, 11) is 0. The van der Waals surface area contributed by atoms with Crippen LogP contribution in [0, 0.1) is 17.3 Å². The third-order valence-corrected chi connectivity index (χ3v) is 3.64. The van der Waals surface area contributed by atoms with E-state index < -0.39 is 0 Å². The molecule has 0 amide bonds. The van der Waals surface area contributed by atoms with Crippen LogP contribution in [0.3, 0.4) is 0 Å². The average molecular weight is 168 g/mol. The fourth-order valence-electron chi connectivity index (χ4n) is 3.26. The van der Waals surface area contributed by atoms with Crippen LogP contribution in [0.1, 0.15) is 40.5 Å². The third kappa shape index (κ3) is 1.10. The number of fused-ring (bicyclic) bond motifs is 2. The van der Waals surface area contributed by atoms with Gasteiger partial charge >= 0.3 is 0 Å². The molecule has 0 radical (unpaired) electrons. The maximum Gasteiger partial charge on any atom is 0.0616 e. The number of rotatable bonds is 0. The first-order valence-electron chi connectivity index (χ1n) is 5.15. The zero-order chi connectivity index (χ0) is 8.93. The van der Waals surface area contributed by atoms with Gasteiger partial charge in [0.1, 0.15) is 0 Å². The van der Waals surface area contributed by atoms with E-state index in [2.05, 4.69) is 27.7 Å². The lowest BCUT2D eigenvalue weighted by atomic mass is 9.67. The Morgan fingerprint density at radius 1 is 1.08 bits per heavy atom. The van der Waals surface area contributed by atoms with E-state index in [1.165, 1.54) is 12.8 Å². The third-order valence-electron chi connectivity index (χ3n) is 3.64. The van der Waals surface area contributed by atoms with Gasteiger partial charge in [0.2, 0.25) is 0 Å². The summed E-state index contributed by atoms with van der Waals surface area (Å²) in [6.07, 6.45) is 3.76. The molecule has 2 aliphatic heterocycles. The van der Waals surface area contributed by atoms with Gasteiger partial charge < -0.3 is 4.74 Å². The van der Waals surface area contributed by atoms with Crippen molar-refractivity contribution in [3.8, 4) is 0 Å². The molecule has 0 spiro atoms. The van der Waals surface area contributed by atoms with Crippen molar-refractivity contribution in [3.05, 3.63) is 0 Å². The van der Waals surface area contributed by atoms with Gasteiger partial charge in [-0.1, -0.05) is 27.7 Å². The van der Waals surface area contributed by atoms with Gasteiger partial charge in [-0.15, -0.1) is 0 Å². The molecule has 2 rings (SSSR count). The molecule has 2 bridgehead atoms. The number of ether oxygens (including phenoxy) is 1. The Labute approximate surface area is 75.5 Å². The maximum absolute atomic E-state index is 5.92. The monoisotopic (exact) mass is 168 g/mol. The quantitative estimate of drug-likeness (QED) is 0.540. The molecule has 0 N–H and O–H groups in total. The molecule has 0 aromatic heterocycles. The number of hydrogen-bond acceptors (Lipinski definition) is 1. The first kappa shape index (κ1) is 8.55. The van der Waals surface area contributed by atoms with Gasteiger partial charge in [-0.3, -0.25) is 0 Å². The van der Waals surface area contributed by atoms with Crippen LogP contribution in [-0.4, -0.2) is 12.2 Å². The molecule has 2 saturated heterocycles. The molecule has 1 heteroatoms. The minimum absolute atomic E-state index is 0.430. The van der Waals surface area contributed by atoms with Crippen molar-refractivity contribution in [3.63, 3.8) is 0 Å². The Morgan fingerprint density at radius 3 is 2.00 bits per heavy atom. The predicted octanol–water partition coefficient (Wildman–Crippen LogP) is 2.85. The Kier molecular flexibility index (Phi) is 1.76. The maximum atomic E-state index is 5.92. The van der Waals surface area contributed by atoms with E-state index in [0.29, 0.717) is 17.6 Å². The molecule has 0 unspecified atom stereocenters. The van der Waals surface area contributed by atoms with Crippen LogP contribution in [0.25, 0.3) is 0 Å². The summed E-state index contributed by atoms with van der Waals surface area (Å²) in [5.41, 5.74) is 0.430. The summed E-state index contributed by atoms with van der Waals surface area (Å²) < 4.78 is 5.92. The van der Waals surface area contributed by atoms with Crippen molar-refractivity contribution in [2.45, 2.75) is 52.7 Å². The van der Waals surface area contributed by atoms with Crippen molar-refractivity contribution in [2.24, 2.45) is 17.3 Å². The summed E-state index contributed by atoms with van der Waals surface area (Å²) >= 11 is 0. The van der Waals surface area contributed by atoms with Crippen molar-refractivity contribution in [1.82, 2.24) is 0 Å². The topological polar surface area (TPSA) is 9.23 Å². The molecule has 0 aromatic rings. The molecule has 2 heterocycles. The molecule has 1 nitrogen and oxygen atoms in total. The van der Waals surface area contributed by atoms with Gasteiger partial charge in [-0.05, 0) is 30.1 Å². The molecular formula is C11H20O. The molecule has 0 aromatic carbocycles. The highest BCUT2D eigenvalue weighted by molar-refractivity contribution is 4.98. The normalized spacial score (nSPS) is 47.0. The van der Waals surface area contributed by atoms with Crippen LogP contribution in [-0.2, 0) is 4.74 Å². The van der Waals surface area contributed by atoms with E-state index in [-0.39, 0.29) is 0 Å². The average Bonchev–Trinajstić information content (AvgIpc) is 2.42.